The van der Waals surface area contributed by atoms with E-state index in [1.165, 1.54) is 7.11 Å². The molecular formula is C12H15N3O4S. The van der Waals surface area contributed by atoms with Crippen LogP contribution in [0.3, 0.4) is 0 Å². The number of ether oxygens (including phenoxy) is 2. The molecule has 2 heterocycles. The van der Waals surface area contributed by atoms with E-state index < -0.39 is 10.8 Å². The van der Waals surface area contributed by atoms with Gasteiger partial charge in [-0.25, -0.2) is 9.97 Å². The summed E-state index contributed by atoms with van der Waals surface area (Å²) in [7, 11) is 1.93. The van der Waals surface area contributed by atoms with Gasteiger partial charge >= 0.3 is 0 Å². The lowest BCUT2D eigenvalue weighted by Gasteiger charge is -2.02. The van der Waals surface area contributed by atoms with Crippen molar-refractivity contribution >= 4 is 10.8 Å². The summed E-state index contributed by atoms with van der Waals surface area (Å²) in [6.45, 7) is 0.333. The third-order valence-electron chi connectivity index (χ3n) is 2.40. The predicted octanol–water partition coefficient (Wildman–Crippen LogP) is 1.07. The molecule has 0 aromatic carbocycles. The van der Waals surface area contributed by atoms with Gasteiger partial charge in [0.2, 0.25) is 0 Å². The van der Waals surface area contributed by atoms with Crippen molar-refractivity contribution < 1.29 is 18.2 Å². The molecule has 0 spiro atoms. The van der Waals surface area contributed by atoms with Crippen LogP contribution in [0, 0.1) is 0 Å². The Bertz CT molecular complexity index is 588. The van der Waals surface area contributed by atoms with E-state index in [0.29, 0.717) is 35.5 Å². The Kier molecular flexibility index (Phi) is 5.19. The van der Waals surface area contributed by atoms with Crippen LogP contribution in [-0.4, -0.2) is 33.6 Å². The van der Waals surface area contributed by atoms with E-state index in [-0.39, 0.29) is 5.75 Å². The maximum absolute atomic E-state index is 12.0. The minimum atomic E-state index is -1.14. The molecule has 0 aliphatic heterocycles. The Morgan fingerprint density at radius 1 is 1.35 bits per heavy atom. The number of rotatable bonds is 7. The van der Waals surface area contributed by atoms with Crippen molar-refractivity contribution in [3.63, 3.8) is 0 Å². The van der Waals surface area contributed by atoms with Crippen LogP contribution in [0.15, 0.2) is 22.9 Å². The van der Waals surface area contributed by atoms with Gasteiger partial charge in [-0.05, 0) is 11.2 Å². The van der Waals surface area contributed by atoms with Gasteiger partial charge in [0.05, 0.1) is 24.3 Å². The van der Waals surface area contributed by atoms with Gasteiger partial charge in [0, 0.05) is 30.2 Å². The van der Waals surface area contributed by atoms with E-state index in [4.69, 9.17) is 14.0 Å². The van der Waals surface area contributed by atoms with Crippen LogP contribution in [-0.2, 0) is 33.6 Å². The van der Waals surface area contributed by atoms with Crippen LogP contribution >= 0.6 is 0 Å². The quantitative estimate of drug-likeness (QED) is 0.755. The van der Waals surface area contributed by atoms with Gasteiger partial charge in [0.15, 0.2) is 11.6 Å². The highest BCUT2D eigenvalue weighted by atomic mass is 32.2. The molecule has 0 radical (unpaired) electrons. The molecule has 0 aliphatic carbocycles. The Labute approximate surface area is 118 Å². The van der Waals surface area contributed by atoms with Gasteiger partial charge < -0.3 is 14.0 Å². The van der Waals surface area contributed by atoms with E-state index in [0.717, 1.165) is 0 Å². The Morgan fingerprint density at radius 3 is 2.90 bits per heavy atom. The number of aromatic nitrogens is 3. The highest BCUT2D eigenvalue weighted by molar-refractivity contribution is 7.83. The fourth-order valence-electron chi connectivity index (χ4n) is 1.55. The second-order valence-electron chi connectivity index (χ2n) is 3.96. The first-order valence-corrected chi connectivity index (χ1v) is 7.34. The van der Waals surface area contributed by atoms with E-state index in [9.17, 15) is 4.21 Å². The zero-order valence-corrected chi connectivity index (χ0v) is 12.1. The van der Waals surface area contributed by atoms with E-state index in [1.807, 2.05) is 0 Å². The molecule has 0 fully saturated rings. The summed E-state index contributed by atoms with van der Waals surface area (Å²) in [4.78, 5) is 8.32. The number of nitrogens with zero attached hydrogens (tertiary/aromatic N) is 3. The third-order valence-corrected chi connectivity index (χ3v) is 3.62. The standard InChI is InChI=1S/C12H15N3O4S/c1-17-6-11-13-4-3-9(14-11)7-20(16)8-10-5-12(18-2)15-19-10/h3-5H,6-8H2,1-2H3. The molecule has 108 valence electrons. The molecule has 0 saturated carbocycles. The molecular weight excluding hydrogens is 282 g/mol. The lowest BCUT2D eigenvalue weighted by molar-refractivity contribution is 0.177. The van der Waals surface area contributed by atoms with Crippen LogP contribution in [0.1, 0.15) is 17.3 Å². The van der Waals surface area contributed by atoms with Crippen molar-refractivity contribution in [1.82, 2.24) is 15.1 Å². The number of hydrogen-bond acceptors (Lipinski definition) is 7. The summed E-state index contributed by atoms with van der Waals surface area (Å²) >= 11 is 0. The first-order chi connectivity index (χ1) is 9.71. The Hall–Kier alpha value is -1.80. The topological polar surface area (TPSA) is 87.3 Å². The molecule has 2 aromatic rings. The maximum atomic E-state index is 12.0. The fourth-order valence-corrected chi connectivity index (χ4v) is 2.60. The summed E-state index contributed by atoms with van der Waals surface area (Å²) in [5.74, 6) is 2.05. The summed E-state index contributed by atoms with van der Waals surface area (Å²) in [6, 6.07) is 3.35. The van der Waals surface area contributed by atoms with Gasteiger partial charge in [-0.2, -0.15) is 0 Å². The van der Waals surface area contributed by atoms with Crippen molar-refractivity contribution in [2.75, 3.05) is 14.2 Å². The van der Waals surface area contributed by atoms with Crippen LogP contribution < -0.4 is 4.74 Å². The van der Waals surface area contributed by atoms with Crippen LogP contribution in [0.2, 0.25) is 0 Å². The third kappa shape index (κ3) is 4.10. The van der Waals surface area contributed by atoms with E-state index >= 15 is 0 Å². The molecule has 1 unspecified atom stereocenters. The molecule has 0 N–H and O–H groups in total. The van der Waals surface area contributed by atoms with Gasteiger partial charge in [-0.3, -0.25) is 4.21 Å². The van der Waals surface area contributed by atoms with Crippen molar-refractivity contribution in [3.8, 4) is 5.88 Å². The van der Waals surface area contributed by atoms with Crippen molar-refractivity contribution in [2.45, 2.75) is 18.1 Å². The summed E-state index contributed by atoms with van der Waals surface area (Å²) < 4.78 is 26.9. The average molecular weight is 297 g/mol. The van der Waals surface area contributed by atoms with Gasteiger partial charge in [-0.1, -0.05) is 0 Å². The highest BCUT2D eigenvalue weighted by Gasteiger charge is 2.10. The SMILES string of the molecule is COCc1nccc(CS(=O)Cc2cc(OC)no2)n1. The molecule has 20 heavy (non-hydrogen) atoms. The molecule has 8 heteroatoms. The fraction of sp³-hybridized carbons (Fsp3) is 0.417. The zero-order chi connectivity index (χ0) is 14.4. The molecule has 0 bridgehead atoms. The van der Waals surface area contributed by atoms with Gasteiger partial charge in [0.1, 0.15) is 6.61 Å². The smallest absolute Gasteiger partial charge is 0.254 e. The number of hydrogen-bond donors (Lipinski definition) is 0. The first kappa shape index (κ1) is 14.6. The largest absolute Gasteiger partial charge is 0.479 e. The minimum Gasteiger partial charge on any atom is -0.479 e. The molecule has 0 aliphatic rings. The van der Waals surface area contributed by atoms with Crippen molar-refractivity contribution in [1.29, 1.82) is 0 Å². The summed E-state index contributed by atoms with van der Waals surface area (Å²) in [6.07, 6.45) is 1.63. The maximum Gasteiger partial charge on any atom is 0.254 e. The second kappa shape index (κ2) is 7.11. The second-order valence-corrected chi connectivity index (χ2v) is 5.42. The van der Waals surface area contributed by atoms with Crippen LogP contribution in [0.5, 0.6) is 5.88 Å². The zero-order valence-electron chi connectivity index (χ0n) is 11.2. The monoisotopic (exact) mass is 297 g/mol. The van der Waals surface area contributed by atoms with Gasteiger partial charge in [-0.15, -0.1) is 0 Å². The number of methoxy groups -OCH3 is 2. The summed E-state index contributed by atoms with van der Waals surface area (Å²) in [5, 5.41) is 3.66. The Morgan fingerprint density at radius 2 is 2.20 bits per heavy atom. The molecule has 0 amide bonds. The molecule has 2 aromatic heterocycles. The first-order valence-electron chi connectivity index (χ1n) is 5.85. The molecule has 1 atom stereocenters. The van der Waals surface area contributed by atoms with Crippen LogP contribution in [0.25, 0.3) is 0 Å². The predicted molar refractivity (Wildman–Crippen MR) is 71.4 cm³/mol. The molecule has 0 saturated heterocycles. The average Bonchev–Trinajstić information content (AvgIpc) is 2.87. The lowest BCUT2D eigenvalue weighted by atomic mass is 10.4. The molecule has 7 nitrogen and oxygen atoms in total. The van der Waals surface area contributed by atoms with Gasteiger partial charge in [0.25, 0.3) is 5.88 Å². The minimum absolute atomic E-state index is 0.264. The normalized spacial score (nSPS) is 12.3. The van der Waals surface area contributed by atoms with E-state index in [2.05, 4.69) is 15.1 Å². The molecule has 2 rings (SSSR count). The highest BCUT2D eigenvalue weighted by Crippen LogP contribution is 2.13. The Balaban J connectivity index is 1.95. The van der Waals surface area contributed by atoms with Crippen LogP contribution in [0.4, 0.5) is 0 Å². The van der Waals surface area contributed by atoms with Crippen molar-refractivity contribution in [3.05, 3.63) is 35.6 Å². The van der Waals surface area contributed by atoms with Crippen molar-refractivity contribution in [2.24, 2.45) is 0 Å². The lowest BCUT2D eigenvalue weighted by Crippen LogP contribution is -2.04. The summed E-state index contributed by atoms with van der Waals surface area (Å²) in [5.41, 5.74) is 0.705. The van der Waals surface area contributed by atoms with E-state index in [1.54, 1.807) is 25.4 Å².